The van der Waals surface area contributed by atoms with E-state index in [1.54, 1.807) is 6.26 Å². The minimum Gasteiger partial charge on any atom is -0.469 e. The van der Waals surface area contributed by atoms with E-state index >= 15 is 0 Å². The average Bonchev–Trinajstić information content (AvgIpc) is 2.51. The Bertz CT molecular complexity index is 204. The van der Waals surface area contributed by atoms with Gasteiger partial charge < -0.3 is 4.42 Å². The summed E-state index contributed by atoms with van der Waals surface area (Å²) < 4.78 is 5.20. The summed E-state index contributed by atoms with van der Waals surface area (Å²) in [6.07, 6.45) is 3.64. The molecule has 1 unspecified atom stereocenters. The molecule has 0 fully saturated rings. The van der Waals surface area contributed by atoms with E-state index in [1.807, 2.05) is 12.1 Å². The number of aryl methyl sites for hydroxylation is 1. The van der Waals surface area contributed by atoms with Gasteiger partial charge in [0.2, 0.25) is 0 Å². The number of halogens is 1. The van der Waals surface area contributed by atoms with E-state index in [4.69, 9.17) is 16.0 Å². The quantitative estimate of drug-likeness (QED) is 0.657. The van der Waals surface area contributed by atoms with Crippen LogP contribution in [-0.4, -0.2) is 5.38 Å². The maximum absolute atomic E-state index is 6.09. The first-order valence-corrected chi connectivity index (χ1v) is 4.80. The molecule has 1 rings (SSSR count). The largest absolute Gasteiger partial charge is 0.469 e. The van der Waals surface area contributed by atoms with Gasteiger partial charge in [-0.25, -0.2) is 0 Å². The van der Waals surface area contributed by atoms with E-state index in [0.717, 1.165) is 18.6 Å². The van der Waals surface area contributed by atoms with Crippen molar-refractivity contribution in [1.82, 2.24) is 0 Å². The van der Waals surface area contributed by atoms with Crippen LogP contribution in [0, 0.1) is 5.92 Å². The molecule has 0 saturated heterocycles. The molecule has 1 aromatic rings. The van der Waals surface area contributed by atoms with Gasteiger partial charge >= 0.3 is 0 Å². The second-order valence-corrected chi connectivity index (χ2v) is 3.94. The first-order chi connectivity index (χ1) is 5.70. The van der Waals surface area contributed by atoms with Crippen LogP contribution in [0.1, 0.15) is 26.0 Å². The molecule has 0 spiro atoms. The van der Waals surface area contributed by atoms with E-state index in [0.29, 0.717) is 5.92 Å². The maximum atomic E-state index is 6.09. The summed E-state index contributed by atoms with van der Waals surface area (Å²) in [5, 5.41) is 0.259. The Kier molecular flexibility index (Phi) is 3.67. The molecular formula is C10H15ClO. The number of hydrogen-bond acceptors (Lipinski definition) is 1. The third-order valence-electron chi connectivity index (χ3n) is 1.97. The first-order valence-electron chi connectivity index (χ1n) is 4.36. The zero-order chi connectivity index (χ0) is 8.97. The second kappa shape index (κ2) is 4.56. The van der Waals surface area contributed by atoms with E-state index in [1.165, 1.54) is 0 Å². The lowest BCUT2D eigenvalue weighted by molar-refractivity contribution is 0.481. The SMILES string of the molecule is CC(C)C(Cl)CCc1ccco1. The highest BCUT2D eigenvalue weighted by molar-refractivity contribution is 6.20. The van der Waals surface area contributed by atoms with Gasteiger partial charge in [0.25, 0.3) is 0 Å². The molecule has 0 radical (unpaired) electrons. The van der Waals surface area contributed by atoms with Crippen molar-refractivity contribution in [3.05, 3.63) is 24.2 Å². The van der Waals surface area contributed by atoms with Crippen LogP contribution in [-0.2, 0) is 6.42 Å². The molecule has 1 heterocycles. The van der Waals surface area contributed by atoms with Crippen LogP contribution >= 0.6 is 11.6 Å². The van der Waals surface area contributed by atoms with Gasteiger partial charge in [-0.1, -0.05) is 13.8 Å². The highest BCUT2D eigenvalue weighted by Crippen LogP contribution is 2.16. The summed E-state index contributed by atoms with van der Waals surface area (Å²) in [7, 11) is 0. The van der Waals surface area contributed by atoms with Crippen molar-refractivity contribution < 1.29 is 4.42 Å². The predicted octanol–water partition coefficient (Wildman–Crippen LogP) is 3.48. The van der Waals surface area contributed by atoms with E-state index in [-0.39, 0.29) is 5.38 Å². The molecule has 0 amide bonds. The fraction of sp³-hybridized carbons (Fsp3) is 0.600. The summed E-state index contributed by atoms with van der Waals surface area (Å²) in [6, 6.07) is 3.90. The predicted molar refractivity (Wildman–Crippen MR) is 51.5 cm³/mol. The summed E-state index contributed by atoms with van der Waals surface area (Å²) in [5.41, 5.74) is 0. The fourth-order valence-corrected chi connectivity index (χ4v) is 1.18. The number of alkyl halides is 1. The Balaban J connectivity index is 2.27. The van der Waals surface area contributed by atoms with Crippen molar-refractivity contribution in [3.63, 3.8) is 0 Å². The maximum Gasteiger partial charge on any atom is 0.103 e. The summed E-state index contributed by atoms with van der Waals surface area (Å²) in [6.45, 7) is 4.28. The van der Waals surface area contributed by atoms with Gasteiger partial charge in [0.15, 0.2) is 0 Å². The number of furan rings is 1. The summed E-state index contributed by atoms with van der Waals surface area (Å²) >= 11 is 6.09. The summed E-state index contributed by atoms with van der Waals surface area (Å²) in [4.78, 5) is 0. The molecule has 0 aromatic carbocycles. The molecule has 1 atom stereocenters. The topological polar surface area (TPSA) is 13.1 Å². The van der Waals surface area contributed by atoms with E-state index in [2.05, 4.69) is 13.8 Å². The van der Waals surface area contributed by atoms with Gasteiger partial charge in [0, 0.05) is 11.8 Å². The minimum atomic E-state index is 0.259. The van der Waals surface area contributed by atoms with Crippen LogP contribution in [0.25, 0.3) is 0 Å². The lowest BCUT2D eigenvalue weighted by Crippen LogP contribution is -2.08. The Morgan fingerprint density at radius 1 is 1.50 bits per heavy atom. The standard InChI is InChI=1S/C10H15ClO/c1-8(2)10(11)6-5-9-4-3-7-12-9/h3-4,7-8,10H,5-6H2,1-2H3. The molecule has 0 bridgehead atoms. The molecule has 0 aliphatic heterocycles. The van der Waals surface area contributed by atoms with Crippen molar-refractivity contribution in [2.24, 2.45) is 5.92 Å². The van der Waals surface area contributed by atoms with Crippen LogP contribution in [0.2, 0.25) is 0 Å². The molecule has 0 saturated carbocycles. The molecule has 1 nitrogen and oxygen atoms in total. The Hall–Kier alpha value is -0.430. The van der Waals surface area contributed by atoms with Crippen LogP contribution < -0.4 is 0 Å². The van der Waals surface area contributed by atoms with Gasteiger partial charge in [0.05, 0.1) is 6.26 Å². The van der Waals surface area contributed by atoms with Gasteiger partial charge in [-0.2, -0.15) is 0 Å². The highest BCUT2D eigenvalue weighted by atomic mass is 35.5. The van der Waals surface area contributed by atoms with Crippen molar-refractivity contribution in [1.29, 1.82) is 0 Å². The van der Waals surface area contributed by atoms with Crippen molar-refractivity contribution >= 4 is 11.6 Å². The smallest absolute Gasteiger partial charge is 0.103 e. The molecule has 0 aliphatic carbocycles. The van der Waals surface area contributed by atoms with Gasteiger partial charge in [-0.3, -0.25) is 0 Å². The minimum absolute atomic E-state index is 0.259. The Labute approximate surface area is 78.7 Å². The number of hydrogen-bond donors (Lipinski definition) is 0. The molecule has 0 aliphatic rings. The molecule has 12 heavy (non-hydrogen) atoms. The van der Waals surface area contributed by atoms with Crippen LogP contribution in [0.4, 0.5) is 0 Å². The van der Waals surface area contributed by atoms with Crippen molar-refractivity contribution in [2.75, 3.05) is 0 Å². The monoisotopic (exact) mass is 186 g/mol. The Morgan fingerprint density at radius 3 is 2.75 bits per heavy atom. The van der Waals surface area contributed by atoms with Gasteiger partial charge in [-0.15, -0.1) is 11.6 Å². The lowest BCUT2D eigenvalue weighted by atomic mass is 10.1. The third-order valence-corrected chi connectivity index (χ3v) is 2.69. The van der Waals surface area contributed by atoms with Gasteiger partial charge in [-0.05, 0) is 24.5 Å². The summed E-state index contributed by atoms with van der Waals surface area (Å²) in [5.74, 6) is 1.57. The second-order valence-electron chi connectivity index (χ2n) is 3.38. The van der Waals surface area contributed by atoms with Crippen molar-refractivity contribution in [3.8, 4) is 0 Å². The van der Waals surface area contributed by atoms with E-state index in [9.17, 15) is 0 Å². The van der Waals surface area contributed by atoms with Gasteiger partial charge in [0.1, 0.15) is 5.76 Å². The molecule has 68 valence electrons. The first kappa shape index (κ1) is 9.66. The van der Waals surface area contributed by atoms with Crippen LogP contribution in [0.3, 0.4) is 0 Å². The highest BCUT2D eigenvalue weighted by Gasteiger charge is 2.09. The fourth-order valence-electron chi connectivity index (χ4n) is 1.07. The molecule has 1 aromatic heterocycles. The average molecular weight is 187 g/mol. The molecular weight excluding hydrogens is 172 g/mol. The lowest BCUT2D eigenvalue weighted by Gasteiger charge is -2.11. The zero-order valence-corrected chi connectivity index (χ0v) is 8.34. The van der Waals surface area contributed by atoms with Crippen molar-refractivity contribution in [2.45, 2.75) is 32.1 Å². The molecule has 0 N–H and O–H groups in total. The molecule has 2 heteroatoms. The third kappa shape index (κ3) is 2.90. The Morgan fingerprint density at radius 2 is 2.25 bits per heavy atom. The van der Waals surface area contributed by atoms with Crippen LogP contribution in [0.5, 0.6) is 0 Å². The number of rotatable bonds is 4. The normalized spacial score (nSPS) is 13.7. The zero-order valence-electron chi connectivity index (χ0n) is 7.59. The van der Waals surface area contributed by atoms with Crippen LogP contribution in [0.15, 0.2) is 22.8 Å². The van der Waals surface area contributed by atoms with E-state index < -0.39 is 0 Å².